The summed E-state index contributed by atoms with van der Waals surface area (Å²) in [6, 6.07) is -0.0726. The highest BCUT2D eigenvalue weighted by atomic mass is 35.5. The fraction of sp³-hybridized carbons (Fsp3) is 0.571. The van der Waals surface area contributed by atoms with Crippen LogP contribution in [-0.2, 0) is 13.6 Å². The van der Waals surface area contributed by atoms with E-state index in [-0.39, 0.29) is 11.9 Å². The largest absolute Gasteiger partial charge is 0.327 e. The lowest BCUT2D eigenvalue weighted by Gasteiger charge is -2.34. The van der Waals surface area contributed by atoms with E-state index in [0.717, 1.165) is 25.1 Å². The lowest BCUT2D eigenvalue weighted by atomic mass is 10.0. The van der Waals surface area contributed by atoms with Gasteiger partial charge in [-0.05, 0) is 26.2 Å². The van der Waals surface area contributed by atoms with E-state index >= 15 is 0 Å². The zero-order chi connectivity index (χ0) is 15.7. The molecule has 22 heavy (non-hydrogen) atoms. The number of amides is 1. The summed E-state index contributed by atoms with van der Waals surface area (Å²) in [6.45, 7) is 3.33. The molecule has 1 fully saturated rings. The number of nitrogens with zero attached hydrogens (tertiary/aromatic N) is 6. The molecule has 0 aliphatic carbocycles. The minimum Gasteiger partial charge on any atom is -0.327 e. The summed E-state index contributed by atoms with van der Waals surface area (Å²) in [4.78, 5) is 14.7. The van der Waals surface area contributed by atoms with Gasteiger partial charge in [-0.15, -0.1) is 10.2 Å². The van der Waals surface area contributed by atoms with Crippen LogP contribution in [0, 0.1) is 0 Å². The predicted molar refractivity (Wildman–Crippen MR) is 81.5 cm³/mol. The molecule has 1 atom stereocenters. The van der Waals surface area contributed by atoms with Crippen LogP contribution in [0.2, 0.25) is 5.02 Å². The summed E-state index contributed by atoms with van der Waals surface area (Å²) in [5.74, 6) is 0.670. The molecule has 0 N–H and O–H groups in total. The lowest BCUT2D eigenvalue weighted by Crippen LogP contribution is -2.40. The van der Waals surface area contributed by atoms with Crippen molar-refractivity contribution in [2.45, 2.75) is 38.8 Å². The molecule has 2 aromatic heterocycles. The highest BCUT2D eigenvalue weighted by Crippen LogP contribution is 2.31. The number of carbonyl (C=O) groups is 1. The SMILES string of the molecule is CCn1cc(Cl)c(C(=O)N2CCCC[C@H]2c2nncn2C)n1. The number of hydrogen-bond donors (Lipinski definition) is 0. The van der Waals surface area contributed by atoms with Crippen LogP contribution in [0.15, 0.2) is 12.5 Å². The van der Waals surface area contributed by atoms with Crippen LogP contribution in [0.4, 0.5) is 0 Å². The monoisotopic (exact) mass is 322 g/mol. The van der Waals surface area contributed by atoms with Gasteiger partial charge in [0.15, 0.2) is 11.5 Å². The first-order valence-corrected chi connectivity index (χ1v) is 7.87. The van der Waals surface area contributed by atoms with Crippen molar-refractivity contribution in [1.29, 1.82) is 0 Å². The number of halogens is 1. The van der Waals surface area contributed by atoms with Crippen LogP contribution < -0.4 is 0 Å². The minimum absolute atomic E-state index is 0.0726. The van der Waals surface area contributed by atoms with Crippen molar-refractivity contribution >= 4 is 17.5 Å². The van der Waals surface area contributed by atoms with Crippen LogP contribution >= 0.6 is 11.6 Å². The first-order valence-electron chi connectivity index (χ1n) is 7.49. The molecule has 0 radical (unpaired) electrons. The van der Waals surface area contributed by atoms with Gasteiger partial charge in [-0.3, -0.25) is 9.48 Å². The number of carbonyl (C=O) groups excluding carboxylic acids is 1. The van der Waals surface area contributed by atoms with Crippen LogP contribution in [0.1, 0.15) is 48.5 Å². The molecule has 3 rings (SSSR count). The number of rotatable bonds is 3. The van der Waals surface area contributed by atoms with E-state index in [0.29, 0.717) is 23.8 Å². The van der Waals surface area contributed by atoms with Crippen LogP contribution in [0.3, 0.4) is 0 Å². The van der Waals surface area contributed by atoms with Gasteiger partial charge in [0.2, 0.25) is 0 Å². The Balaban J connectivity index is 1.91. The van der Waals surface area contributed by atoms with E-state index in [1.165, 1.54) is 0 Å². The normalized spacial score (nSPS) is 18.7. The molecule has 0 saturated carbocycles. The third-order valence-electron chi connectivity index (χ3n) is 4.05. The van der Waals surface area contributed by atoms with Gasteiger partial charge < -0.3 is 9.47 Å². The standard InChI is InChI=1S/C14H19ClN6O/c1-3-20-8-10(15)12(18-20)14(22)21-7-5-4-6-11(21)13-17-16-9-19(13)2/h8-9,11H,3-7H2,1-2H3/t11-/m0/s1. The average molecular weight is 323 g/mol. The first kappa shape index (κ1) is 15.0. The van der Waals surface area contributed by atoms with Gasteiger partial charge in [-0.2, -0.15) is 5.10 Å². The van der Waals surface area contributed by atoms with Crippen LogP contribution in [0.5, 0.6) is 0 Å². The molecule has 0 aromatic carbocycles. The molecule has 0 spiro atoms. The molecular formula is C14H19ClN6O. The van der Waals surface area contributed by atoms with E-state index in [9.17, 15) is 4.79 Å². The Morgan fingerprint density at radius 1 is 1.45 bits per heavy atom. The third-order valence-corrected chi connectivity index (χ3v) is 4.33. The Morgan fingerprint density at radius 2 is 2.27 bits per heavy atom. The smallest absolute Gasteiger partial charge is 0.276 e. The van der Waals surface area contributed by atoms with Crippen molar-refractivity contribution in [1.82, 2.24) is 29.4 Å². The third kappa shape index (κ3) is 2.61. The summed E-state index contributed by atoms with van der Waals surface area (Å²) >= 11 is 6.18. The minimum atomic E-state index is -0.134. The van der Waals surface area contributed by atoms with E-state index in [1.807, 2.05) is 23.4 Å². The van der Waals surface area contributed by atoms with E-state index < -0.39 is 0 Å². The van der Waals surface area contributed by atoms with E-state index in [2.05, 4.69) is 15.3 Å². The Bertz CT molecular complexity index is 679. The number of aryl methyl sites for hydroxylation is 2. The number of piperidine rings is 1. The van der Waals surface area contributed by atoms with Gasteiger partial charge in [-0.25, -0.2) is 0 Å². The zero-order valence-corrected chi connectivity index (χ0v) is 13.5. The summed E-state index contributed by atoms with van der Waals surface area (Å²) in [7, 11) is 1.89. The topological polar surface area (TPSA) is 68.8 Å². The molecule has 0 unspecified atom stereocenters. The fourth-order valence-electron chi connectivity index (χ4n) is 2.88. The molecular weight excluding hydrogens is 304 g/mol. The Kier molecular flexibility index (Phi) is 4.15. The molecule has 1 aliphatic rings. The molecule has 2 aromatic rings. The van der Waals surface area contributed by atoms with Crippen LogP contribution in [0.25, 0.3) is 0 Å². The second-order valence-electron chi connectivity index (χ2n) is 5.49. The molecule has 1 saturated heterocycles. The summed E-state index contributed by atoms with van der Waals surface area (Å²) < 4.78 is 3.54. The molecule has 8 heteroatoms. The van der Waals surface area contributed by atoms with Crippen molar-refractivity contribution in [3.05, 3.63) is 29.1 Å². The number of hydrogen-bond acceptors (Lipinski definition) is 4. The maximum Gasteiger partial charge on any atom is 0.276 e. The second-order valence-corrected chi connectivity index (χ2v) is 5.90. The zero-order valence-electron chi connectivity index (χ0n) is 12.7. The Labute approximate surface area is 133 Å². The predicted octanol–water partition coefficient (Wildman–Crippen LogP) is 2.05. The van der Waals surface area contributed by atoms with Crippen LogP contribution in [-0.4, -0.2) is 41.9 Å². The van der Waals surface area contributed by atoms with Crippen molar-refractivity contribution in [3.8, 4) is 0 Å². The van der Waals surface area contributed by atoms with Gasteiger partial charge in [-0.1, -0.05) is 11.6 Å². The number of aromatic nitrogens is 5. The quantitative estimate of drug-likeness (QED) is 0.867. The Morgan fingerprint density at radius 3 is 2.91 bits per heavy atom. The summed E-state index contributed by atoms with van der Waals surface area (Å²) in [5, 5.41) is 12.8. The van der Waals surface area contributed by atoms with Gasteiger partial charge in [0.25, 0.3) is 5.91 Å². The van der Waals surface area contributed by atoms with Crippen molar-refractivity contribution in [2.24, 2.45) is 7.05 Å². The van der Waals surface area contributed by atoms with Gasteiger partial charge in [0.05, 0.1) is 11.1 Å². The lowest BCUT2D eigenvalue weighted by molar-refractivity contribution is 0.0589. The second kappa shape index (κ2) is 6.08. The van der Waals surface area contributed by atoms with Crippen molar-refractivity contribution in [3.63, 3.8) is 0 Å². The molecule has 118 valence electrons. The molecule has 7 nitrogen and oxygen atoms in total. The highest BCUT2D eigenvalue weighted by molar-refractivity contribution is 6.33. The first-order chi connectivity index (χ1) is 10.6. The average Bonchev–Trinajstić information content (AvgIpc) is 3.12. The molecule has 3 heterocycles. The van der Waals surface area contributed by atoms with Gasteiger partial charge in [0.1, 0.15) is 6.33 Å². The van der Waals surface area contributed by atoms with Crippen molar-refractivity contribution < 1.29 is 4.79 Å². The molecule has 1 amide bonds. The van der Waals surface area contributed by atoms with Gasteiger partial charge >= 0.3 is 0 Å². The maximum absolute atomic E-state index is 12.9. The highest BCUT2D eigenvalue weighted by Gasteiger charge is 2.33. The van der Waals surface area contributed by atoms with E-state index in [4.69, 9.17) is 11.6 Å². The molecule has 0 bridgehead atoms. The van der Waals surface area contributed by atoms with E-state index in [1.54, 1.807) is 17.2 Å². The maximum atomic E-state index is 12.9. The number of likely N-dealkylation sites (tertiary alicyclic amines) is 1. The fourth-order valence-corrected chi connectivity index (χ4v) is 3.11. The molecule has 1 aliphatic heterocycles. The summed E-state index contributed by atoms with van der Waals surface area (Å²) in [6.07, 6.45) is 6.27. The Hall–Kier alpha value is -1.89. The van der Waals surface area contributed by atoms with Crippen molar-refractivity contribution in [2.75, 3.05) is 6.54 Å². The summed E-state index contributed by atoms with van der Waals surface area (Å²) in [5.41, 5.74) is 0.317. The van der Waals surface area contributed by atoms with Gasteiger partial charge in [0, 0.05) is 26.3 Å².